The molecule has 1 heterocycles. The number of sulfonamides is 1. The van der Waals surface area contributed by atoms with Crippen molar-refractivity contribution in [1.29, 1.82) is 0 Å². The van der Waals surface area contributed by atoms with Crippen molar-refractivity contribution in [1.82, 2.24) is 20.2 Å². The average molecular weight is 467 g/mol. The maximum Gasteiger partial charge on any atom is 0.319 e. The van der Waals surface area contributed by atoms with Gasteiger partial charge in [-0.25, -0.2) is 13.1 Å². The van der Waals surface area contributed by atoms with Crippen molar-refractivity contribution in [2.75, 3.05) is 19.7 Å². The molecule has 2 aromatic rings. The summed E-state index contributed by atoms with van der Waals surface area (Å²) in [6.45, 7) is 4.15. The van der Waals surface area contributed by atoms with Crippen LogP contribution in [0, 0.1) is 0 Å². The molecule has 0 saturated heterocycles. The maximum absolute atomic E-state index is 12.4. The Kier molecular flexibility index (Phi) is 8.59. The van der Waals surface area contributed by atoms with Crippen LogP contribution in [0.5, 0.6) is 0 Å². The van der Waals surface area contributed by atoms with Gasteiger partial charge in [0, 0.05) is 23.2 Å². The Morgan fingerprint density at radius 3 is 2.75 bits per heavy atom. The molecule has 12 heteroatoms. The van der Waals surface area contributed by atoms with Crippen LogP contribution >= 0.6 is 34.5 Å². The van der Waals surface area contributed by atoms with Crippen LogP contribution < -0.4 is 10.0 Å². The molecule has 8 nitrogen and oxygen atoms in total. The van der Waals surface area contributed by atoms with Crippen LogP contribution in [0.2, 0.25) is 10.0 Å². The highest BCUT2D eigenvalue weighted by Gasteiger charge is 2.21. The van der Waals surface area contributed by atoms with Gasteiger partial charge in [-0.2, -0.15) is 0 Å². The van der Waals surface area contributed by atoms with Crippen molar-refractivity contribution in [2.24, 2.45) is 0 Å². The largest absolute Gasteiger partial charge is 0.465 e. The molecule has 1 unspecified atom stereocenters. The fraction of sp³-hybridized carbons (Fsp3) is 0.438. The monoisotopic (exact) mass is 466 g/mol. The minimum absolute atomic E-state index is 0.0728. The van der Waals surface area contributed by atoms with Crippen LogP contribution in [0.25, 0.3) is 10.6 Å². The van der Waals surface area contributed by atoms with E-state index < -0.39 is 10.0 Å². The van der Waals surface area contributed by atoms with Gasteiger partial charge in [0.05, 0.1) is 18.2 Å². The van der Waals surface area contributed by atoms with Gasteiger partial charge in [-0.3, -0.25) is 4.79 Å². The van der Waals surface area contributed by atoms with E-state index in [4.69, 9.17) is 27.9 Å². The lowest BCUT2D eigenvalue weighted by molar-refractivity contribution is -0.142. The summed E-state index contributed by atoms with van der Waals surface area (Å²) in [5, 5.41) is 11.9. The Labute approximate surface area is 177 Å². The fourth-order valence-electron chi connectivity index (χ4n) is 2.13. The predicted molar refractivity (Wildman–Crippen MR) is 109 cm³/mol. The van der Waals surface area contributed by atoms with Gasteiger partial charge in [-0.1, -0.05) is 34.5 Å². The average Bonchev–Trinajstić information content (AvgIpc) is 3.11. The summed E-state index contributed by atoms with van der Waals surface area (Å²) in [4.78, 5) is 11.3. The van der Waals surface area contributed by atoms with E-state index in [-0.39, 0.29) is 29.4 Å². The van der Waals surface area contributed by atoms with E-state index in [1.54, 1.807) is 25.1 Å². The SMILES string of the molecule is CCOC(=O)CNC(C)CCNS(=O)(=O)c1nnc(-c2ccc(Cl)cc2Cl)s1. The number of hydrogen-bond donors (Lipinski definition) is 2. The Morgan fingerprint density at radius 2 is 2.07 bits per heavy atom. The molecule has 28 heavy (non-hydrogen) atoms. The number of aromatic nitrogens is 2. The summed E-state index contributed by atoms with van der Waals surface area (Å²) >= 11 is 12.9. The maximum atomic E-state index is 12.4. The van der Waals surface area contributed by atoms with Gasteiger partial charge in [0.25, 0.3) is 10.0 Å². The number of esters is 1. The van der Waals surface area contributed by atoms with Gasteiger partial charge in [0.1, 0.15) is 5.01 Å². The van der Waals surface area contributed by atoms with Crippen LogP contribution in [0.1, 0.15) is 20.3 Å². The zero-order chi connectivity index (χ0) is 20.7. The van der Waals surface area contributed by atoms with Crippen molar-refractivity contribution in [3.05, 3.63) is 28.2 Å². The van der Waals surface area contributed by atoms with Crippen molar-refractivity contribution >= 4 is 50.5 Å². The topological polar surface area (TPSA) is 110 Å². The van der Waals surface area contributed by atoms with Gasteiger partial charge in [0.2, 0.25) is 4.34 Å². The first-order valence-corrected chi connectivity index (χ1v) is 11.5. The highest BCUT2D eigenvalue weighted by atomic mass is 35.5. The quantitative estimate of drug-likeness (QED) is 0.517. The van der Waals surface area contributed by atoms with Crippen molar-refractivity contribution < 1.29 is 17.9 Å². The number of carbonyl (C=O) groups is 1. The summed E-state index contributed by atoms with van der Waals surface area (Å²) in [6.07, 6.45) is 0.479. The van der Waals surface area contributed by atoms with Gasteiger partial charge in [-0.05, 0) is 38.5 Å². The van der Waals surface area contributed by atoms with E-state index in [2.05, 4.69) is 20.2 Å². The predicted octanol–water partition coefficient (Wildman–Crippen LogP) is 2.72. The van der Waals surface area contributed by atoms with E-state index in [9.17, 15) is 13.2 Å². The number of rotatable bonds is 10. The molecule has 0 saturated carbocycles. The van der Waals surface area contributed by atoms with Crippen LogP contribution in [-0.4, -0.2) is 50.3 Å². The third-order valence-electron chi connectivity index (χ3n) is 3.57. The van der Waals surface area contributed by atoms with Crippen LogP contribution in [0.4, 0.5) is 0 Å². The van der Waals surface area contributed by atoms with E-state index in [0.717, 1.165) is 11.3 Å². The van der Waals surface area contributed by atoms with Crippen LogP contribution in [0.3, 0.4) is 0 Å². The molecule has 1 aromatic heterocycles. The number of carbonyl (C=O) groups excluding carboxylic acids is 1. The molecule has 0 aliphatic carbocycles. The summed E-state index contributed by atoms with van der Waals surface area (Å²) in [6, 6.07) is 4.77. The second kappa shape index (κ2) is 10.5. The number of ether oxygens (including phenoxy) is 1. The molecule has 1 atom stereocenters. The summed E-state index contributed by atoms with van der Waals surface area (Å²) in [5.41, 5.74) is 0.557. The zero-order valence-electron chi connectivity index (χ0n) is 15.2. The van der Waals surface area contributed by atoms with E-state index in [0.29, 0.717) is 33.6 Å². The first kappa shape index (κ1) is 23.0. The van der Waals surface area contributed by atoms with Gasteiger partial charge in [0.15, 0.2) is 0 Å². The summed E-state index contributed by atoms with van der Waals surface area (Å²) in [5.74, 6) is -0.350. The molecular formula is C16H20Cl2N4O4S2. The number of halogens is 2. The summed E-state index contributed by atoms with van der Waals surface area (Å²) < 4.78 is 31.9. The Morgan fingerprint density at radius 1 is 1.32 bits per heavy atom. The van der Waals surface area contributed by atoms with Crippen molar-refractivity contribution in [2.45, 2.75) is 30.6 Å². The standard InChI is InChI=1S/C16H20Cl2N4O4S2/c1-3-26-14(23)9-19-10(2)6-7-20-28(24,25)16-22-21-15(27-16)12-5-4-11(17)8-13(12)18/h4-5,8,10,19-20H,3,6-7,9H2,1-2H3. The number of nitrogens with zero attached hydrogens (tertiary/aromatic N) is 2. The molecule has 1 aromatic carbocycles. The fourth-order valence-corrected chi connectivity index (χ4v) is 4.81. The lowest BCUT2D eigenvalue weighted by Crippen LogP contribution is -2.35. The van der Waals surface area contributed by atoms with Gasteiger partial charge < -0.3 is 10.1 Å². The van der Waals surface area contributed by atoms with E-state index in [1.807, 2.05) is 6.92 Å². The van der Waals surface area contributed by atoms with E-state index >= 15 is 0 Å². The molecular weight excluding hydrogens is 447 g/mol. The Hall–Kier alpha value is -1.30. The van der Waals surface area contributed by atoms with E-state index in [1.165, 1.54) is 0 Å². The second-order valence-electron chi connectivity index (χ2n) is 5.77. The molecule has 0 radical (unpaired) electrons. The minimum atomic E-state index is -3.80. The lowest BCUT2D eigenvalue weighted by atomic mass is 10.2. The molecule has 0 fully saturated rings. The summed E-state index contributed by atoms with van der Waals surface area (Å²) in [7, 11) is -3.80. The normalized spacial score (nSPS) is 12.7. The Bertz CT molecular complexity index is 921. The number of benzene rings is 1. The first-order chi connectivity index (χ1) is 13.2. The zero-order valence-corrected chi connectivity index (χ0v) is 18.4. The third-order valence-corrected chi connectivity index (χ3v) is 6.90. The highest BCUT2D eigenvalue weighted by molar-refractivity contribution is 7.91. The van der Waals surface area contributed by atoms with Crippen molar-refractivity contribution in [3.63, 3.8) is 0 Å². The molecule has 0 aliphatic heterocycles. The highest BCUT2D eigenvalue weighted by Crippen LogP contribution is 2.33. The molecule has 2 rings (SSSR count). The third kappa shape index (κ3) is 6.64. The van der Waals surface area contributed by atoms with Crippen molar-refractivity contribution in [3.8, 4) is 10.6 Å². The van der Waals surface area contributed by atoms with Gasteiger partial charge in [-0.15, -0.1) is 10.2 Å². The van der Waals surface area contributed by atoms with Gasteiger partial charge >= 0.3 is 5.97 Å². The number of nitrogens with one attached hydrogen (secondary N) is 2. The first-order valence-electron chi connectivity index (χ1n) is 8.40. The smallest absolute Gasteiger partial charge is 0.319 e. The number of hydrogen-bond acceptors (Lipinski definition) is 8. The second-order valence-corrected chi connectivity index (χ2v) is 9.53. The minimum Gasteiger partial charge on any atom is -0.465 e. The molecule has 154 valence electrons. The molecule has 0 spiro atoms. The Balaban J connectivity index is 1.91. The lowest BCUT2D eigenvalue weighted by Gasteiger charge is -2.13. The van der Waals surface area contributed by atoms with Crippen LogP contribution in [0.15, 0.2) is 22.5 Å². The molecule has 0 aliphatic rings. The molecule has 0 bridgehead atoms. The molecule has 0 amide bonds. The molecule has 2 N–H and O–H groups in total. The van der Waals surface area contributed by atoms with Crippen LogP contribution in [-0.2, 0) is 19.6 Å².